The largest absolute Gasteiger partial charge is 0.456 e. The number of rotatable bonds is 4. The van der Waals surface area contributed by atoms with E-state index < -0.39 is 15.8 Å². The summed E-state index contributed by atoms with van der Waals surface area (Å²) in [6.07, 6.45) is -0.149. The Morgan fingerprint density at radius 3 is 2.62 bits per heavy atom. The summed E-state index contributed by atoms with van der Waals surface area (Å²) in [4.78, 5) is 12.2. The molecule has 0 saturated carbocycles. The topological polar surface area (TPSA) is 130 Å². The molecule has 0 spiro atoms. The number of hydrogen-bond acceptors (Lipinski definition) is 8. The van der Waals surface area contributed by atoms with E-state index in [0.29, 0.717) is 51.9 Å². The number of imidazole rings is 1. The fourth-order valence-corrected chi connectivity index (χ4v) is 6.79. The Labute approximate surface area is 201 Å². The van der Waals surface area contributed by atoms with Gasteiger partial charge in [0.1, 0.15) is 23.8 Å². The fourth-order valence-electron chi connectivity index (χ4n) is 5.00. The lowest BCUT2D eigenvalue weighted by molar-refractivity contribution is 0.00706. The molecular formula is C23H25ClN4O5S. The van der Waals surface area contributed by atoms with E-state index in [1.54, 1.807) is 6.07 Å². The highest BCUT2D eigenvalue weighted by molar-refractivity contribution is 7.92. The van der Waals surface area contributed by atoms with Gasteiger partial charge in [0, 0.05) is 26.8 Å². The lowest BCUT2D eigenvalue weighted by Gasteiger charge is -2.24. The van der Waals surface area contributed by atoms with Gasteiger partial charge in [-0.15, -0.1) is 0 Å². The number of aliphatic hydroxyl groups excluding tert-OH is 1. The summed E-state index contributed by atoms with van der Waals surface area (Å²) in [6.45, 7) is 0.551. The zero-order valence-corrected chi connectivity index (χ0v) is 19.8. The Bertz CT molecular complexity index is 1320. The lowest BCUT2D eigenvalue weighted by atomic mass is 9.92. The molecule has 0 unspecified atom stereocenters. The van der Waals surface area contributed by atoms with Crippen LogP contribution < -0.4 is 4.74 Å². The van der Waals surface area contributed by atoms with Gasteiger partial charge in [-0.25, -0.2) is 9.19 Å². The third-order valence-corrected chi connectivity index (χ3v) is 8.97. The van der Waals surface area contributed by atoms with Gasteiger partial charge in [0.15, 0.2) is 11.8 Å². The average molecular weight is 505 g/mol. The Kier molecular flexibility index (Phi) is 5.53. The van der Waals surface area contributed by atoms with E-state index in [9.17, 15) is 9.32 Å². The molecule has 34 heavy (non-hydrogen) atoms. The molecule has 0 bridgehead atoms. The molecule has 3 N–H and O–H groups in total. The van der Waals surface area contributed by atoms with Crippen LogP contribution in [-0.2, 0) is 19.2 Å². The molecule has 5 heterocycles. The van der Waals surface area contributed by atoms with Crippen LogP contribution in [0.25, 0.3) is 22.4 Å². The first-order chi connectivity index (χ1) is 16.4. The molecule has 0 amide bonds. The number of hydrogen-bond donors (Lipinski definition) is 3. The summed E-state index contributed by atoms with van der Waals surface area (Å²) in [5.74, 6) is 1.26. The standard InChI is InChI=1S/C23H25ClN4O5S/c24-15-9-16-22(28-23(26-16)33-18-11-32-20-17(29)10-31-21(18)20)27-19(15)14-3-1-12(2-4-14)13-5-7-34(25,30)8-6-13/h1-4,9,13,17-18,20-21,25,29H,5-8,10-11H2,(H,26,27,28)/t13?,17-,18-,20-,21-,34?/m1/s1. The number of nitrogens with one attached hydrogen (secondary N) is 2. The molecule has 0 aliphatic carbocycles. The highest BCUT2D eigenvalue weighted by atomic mass is 35.5. The molecule has 11 heteroatoms. The number of nitrogens with zero attached hydrogens (tertiary/aromatic N) is 2. The van der Waals surface area contributed by atoms with Crippen LogP contribution in [0.2, 0.25) is 5.02 Å². The van der Waals surface area contributed by atoms with Gasteiger partial charge in [-0.1, -0.05) is 35.9 Å². The van der Waals surface area contributed by atoms with Crippen molar-refractivity contribution in [3.05, 3.63) is 40.9 Å². The molecule has 180 valence electrons. The van der Waals surface area contributed by atoms with Gasteiger partial charge in [0.25, 0.3) is 6.01 Å². The van der Waals surface area contributed by atoms with Gasteiger partial charge in [-0.05, 0) is 30.4 Å². The monoisotopic (exact) mass is 504 g/mol. The van der Waals surface area contributed by atoms with Crippen molar-refractivity contribution >= 4 is 32.5 Å². The van der Waals surface area contributed by atoms with Crippen molar-refractivity contribution in [2.24, 2.45) is 0 Å². The Morgan fingerprint density at radius 1 is 1.12 bits per heavy atom. The number of H-pyrrole nitrogens is 1. The highest BCUT2D eigenvalue weighted by Crippen LogP contribution is 2.34. The van der Waals surface area contributed by atoms with Gasteiger partial charge in [-0.3, -0.25) is 9.76 Å². The van der Waals surface area contributed by atoms with E-state index in [1.165, 1.54) is 5.56 Å². The molecule has 3 aliphatic heterocycles. The van der Waals surface area contributed by atoms with E-state index in [4.69, 9.17) is 30.6 Å². The Hall–Kier alpha value is -2.24. The number of aliphatic hydroxyl groups is 1. The quantitative estimate of drug-likeness (QED) is 0.497. The Balaban J connectivity index is 1.21. The third kappa shape index (κ3) is 4.07. The smallest absolute Gasteiger partial charge is 0.296 e. The molecule has 6 rings (SSSR count). The SMILES string of the molecule is N=S1(=O)CCC(c2ccc(-c3nc4[nH]c(O[C@@H]5CO[C@H]6[C@@H]5OC[C@H]6O)nc4cc3Cl)cc2)CC1. The van der Waals surface area contributed by atoms with Crippen molar-refractivity contribution in [1.29, 1.82) is 4.78 Å². The van der Waals surface area contributed by atoms with Crippen LogP contribution in [0.3, 0.4) is 0 Å². The van der Waals surface area contributed by atoms with Crippen molar-refractivity contribution in [3.8, 4) is 17.3 Å². The minimum Gasteiger partial charge on any atom is -0.456 e. The zero-order chi connectivity index (χ0) is 23.4. The minimum absolute atomic E-state index is 0.236. The first-order valence-corrected chi connectivity index (χ1v) is 13.6. The molecule has 3 fully saturated rings. The number of aromatic nitrogens is 3. The van der Waals surface area contributed by atoms with Crippen molar-refractivity contribution in [2.75, 3.05) is 24.7 Å². The van der Waals surface area contributed by atoms with Crippen molar-refractivity contribution < 1.29 is 23.5 Å². The fraction of sp³-hybridized carbons (Fsp3) is 0.478. The summed E-state index contributed by atoms with van der Waals surface area (Å²) < 4.78 is 36.9. The van der Waals surface area contributed by atoms with Gasteiger partial charge in [0.05, 0.1) is 23.9 Å². The molecular weight excluding hydrogens is 480 g/mol. The number of benzene rings is 1. The third-order valence-electron chi connectivity index (χ3n) is 6.90. The number of halogens is 1. The van der Waals surface area contributed by atoms with E-state index in [0.717, 1.165) is 18.4 Å². The molecule has 3 saturated heterocycles. The van der Waals surface area contributed by atoms with E-state index in [-0.39, 0.29) is 24.9 Å². The predicted molar refractivity (Wildman–Crippen MR) is 127 cm³/mol. The molecule has 3 aliphatic rings. The first-order valence-electron chi connectivity index (χ1n) is 11.3. The molecule has 2 aromatic heterocycles. The molecule has 3 aromatic rings. The zero-order valence-electron chi connectivity index (χ0n) is 18.3. The van der Waals surface area contributed by atoms with Crippen molar-refractivity contribution in [2.45, 2.75) is 43.2 Å². The minimum atomic E-state index is -2.39. The van der Waals surface area contributed by atoms with Gasteiger partial charge < -0.3 is 19.3 Å². The van der Waals surface area contributed by atoms with E-state index >= 15 is 0 Å². The molecule has 4 atom stereocenters. The predicted octanol–water partition coefficient (Wildman–Crippen LogP) is 3.11. The summed E-state index contributed by atoms with van der Waals surface area (Å²) in [5, 5.41) is 10.4. The van der Waals surface area contributed by atoms with Gasteiger partial charge in [-0.2, -0.15) is 4.98 Å². The summed E-state index contributed by atoms with van der Waals surface area (Å²) in [7, 11) is -2.39. The van der Waals surface area contributed by atoms with Crippen LogP contribution in [0.4, 0.5) is 0 Å². The summed E-state index contributed by atoms with van der Waals surface area (Å²) in [5.41, 5.74) is 3.85. The van der Waals surface area contributed by atoms with Crippen LogP contribution in [0.1, 0.15) is 24.3 Å². The summed E-state index contributed by atoms with van der Waals surface area (Å²) in [6, 6.07) is 10.2. The molecule has 9 nitrogen and oxygen atoms in total. The number of aromatic amines is 1. The number of ether oxygens (including phenoxy) is 3. The van der Waals surface area contributed by atoms with Crippen LogP contribution >= 0.6 is 11.6 Å². The van der Waals surface area contributed by atoms with Crippen molar-refractivity contribution in [1.82, 2.24) is 15.0 Å². The normalized spacial score (nSPS) is 33.3. The second kappa shape index (κ2) is 8.46. The van der Waals surface area contributed by atoms with Crippen LogP contribution in [0, 0.1) is 4.78 Å². The molecule has 0 radical (unpaired) electrons. The number of fused-ring (bicyclic) bond motifs is 2. The van der Waals surface area contributed by atoms with E-state index in [1.807, 2.05) is 12.1 Å². The van der Waals surface area contributed by atoms with Crippen LogP contribution in [-0.4, -0.2) is 73.4 Å². The second-order valence-electron chi connectivity index (χ2n) is 9.16. The Morgan fingerprint density at radius 2 is 1.85 bits per heavy atom. The van der Waals surface area contributed by atoms with Crippen molar-refractivity contribution in [3.63, 3.8) is 0 Å². The number of pyridine rings is 1. The van der Waals surface area contributed by atoms with Crippen LogP contribution in [0.5, 0.6) is 6.01 Å². The van der Waals surface area contributed by atoms with Gasteiger partial charge in [0.2, 0.25) is 0 Å². The van der Waals surface area contributed by atoms with Gasteiger partial charge >= 0.3 is 0 Å². The average Bonchev–Trinajstić information content (AvgIpc) is 3.50. The van der Waals surface area contributed by atoms with Crippen LogP contribution in [0.15, 0.2) is 30.3 Å². The highest BCUT2D eigenvalue weighted by Gasteiger charge is 2.48. The molecule has 1 aromatic carbocycles. The summed E-state index contributed by atoms with van der Waals surface area (Å²) >= 11 is 6.55. The lowest BCUT2D eigenvalue weighted by Crippen LogP contribution is -2.34. The maximum Gasteiger partial charge on any atom is 0.296 e. The maximum absolute atomic E-state index is 11.9. The first kappa shape index (κ1) is 22.2. The maximum atomic E-state index is 11.9. The second-order valence-corrected chi connectivity index (χ2v) is 12.0. The van der Waals surface area contributed by atoms with E-state index in [2.05, 4.69) is 27.1 Å².